The van der Waals surface area contributed by atoms with Crippen LogP contribution in [0.15, 0.2) is 52.9 Å². The van der Waals surface area contributed by atoms with Gasteiger partial charge in [0.1, 0.15) is 11.2 Å². The molecule has 108 valence electrons. The van der Waals surface area contributed by atoms with Crippen molar-refractivity contribution in [3.8, 4) is 0 Å². The lowest BCUT2D eigenvalue weighted by Crippen LogP contribution is -2.00. The van der Waals surface area contributed by atoms with Crippen LogP contribution in [0.1, 0.15) is 37.2 Å². The molecule has 2 aromatic carbocycles. The van der Waals surface area contributed by atoms with Crippen molar-refractivity contribution in [2.75, 3.05) is 0 Å². The Morgan fingerprint density at radius 3 is 1.64 bits per heavy atom. The van der Waals surface area contributed by atoms with E-state index in [0.717, 1.165) is 11.2 Å². The first-order valence-corrected chi connectivity index (χ1v) is 7.77. The Hall–Kier alpha value is -2.32. The lowest BCUT2D eigenvalue weighted by molar-refractivity contribution is 0.0339. The highest BCUT2D eigenvalue weighted by Crippen LogP contribution is 2.46. The molecule has 3 aliphatic rings. The zero-order valence-corrected chi connectivity index (χ0v) is 12.6. The van der Waals surface area contributed by atoms with Crippen LogP contribution >= 0.6 is 0 Å². The minimum absolute atomic E-state index is 0.155. The summed E-state index contributed by atoms with van der Waals surface area (Å²) in [4.78, 5) is 0. The molecule has 0 fully saturated rings. The second-order valence-electron chi connectivity index (χ2n) is 6.09. The monoisotopic (exact) mass is 288 g/mol. The van der Waals surface area contributed by atoms with Gasteiger partial charge in [0.2, 0.25) is 0 Å². The first kappa shape index (κ1) is 12.2. The van der Waals surface area contributed by atoms with Crippen molar-refractivity contribution >= 4 is 21.9 Å². The van der Waals surface area contributed by atoms with Crippen LogP contribution in [0, 0.1) is 10.4 Å². The zero-order chi connectivity index (χ0) is 14.8. The molecule has 0 spiro atoms. The standard InChI is InChI=1S/C20H16O2/c1-11-17-18(12(2)21-11)20-14-8-4-6-10-16(14)22-15-9-5-3-7-13(15)19(17)20/h3-12H,1-2H3. The molecule has 2 atom stereocenters. The molecule has 2 unspecified atom stereocenters. The normalized spacial score (nSPS) is 21.0. The molecule has 0 bridgehead atoms. The fraction of sp³-hybridized carbons (Fsp3) is 0.200. The molecule has 0 saturated heterocycles. The van der Waals surface area contributed by atoms with Gasteiger partial charge in [0.05, 0.1) is 12.2 Å². The van der Waals surface area contributed by atoms with E-state index in [2.05, 4.69) is 38.1 Å². The van der Waals surface area contributed by atoms with Crippen molar-refractivity contribution in [3.05, 3.63) is 70.1 Å². The van der Waals surface area contributed by atoms with Gasteiger partial charge in [-0.15, -0.1) is 0 Å². The fourth-order valence-corrected chi connectivity index (χ4v) is 3.97. The van der Waals surface area contributed by atoms with E-state index in [0.29, 0.717) is 0 Å². The first-order chi connectivity index (χ1) is 10.8. The van der Waals surface area contributed by atoms with Crippen LogP contribution < -0.4 is 0 Å². The third-order valence-corrected chi connectivity index (χ3v) is 4.83. The van der Waals surface area contributed by atoms with E-state index >= 15 is 0 Å². The Balaban J connectivity index is 2.16. The van der Waals surface area contributed by atoms with E-state index in [9.17, 15) is 0 Å². The number of fused-ring (bicyclic) bond motifs is 7. The van der Waals surface area contributed by atoms with E-state index in [1.54, 1.807) is 0 Å². The summed E-state index contributed by atoms with van der Waals surface area (Å²) in [6, 6.07) is 16.6. The molecule has 0 aromatic heterocycles. The van der Waals surface area contributed by atoms with Crippen LogP contribution in [-0.4, -0.2) is 0 Å². The van der Waals surface area contributed by atoms with Crippen molar-refractivity contribution in [3.63, 3.8) is 0 Å². The second kappa shape index (κ2) is 4.11. The zero-order valence-electron chi connectivity index (χ0n) is 12.6. The van der Waals surface area contributed by atoms with E-state index < -0.39 is 0 Å². The highest BCUT2D eigenvalue weighted by Gasteiger charge is 2.33. The maximum atomic E-state index is 6.21. The summed E-state index contributed by atoms with van der Waals surface area (Å²) in [7, 11) is 0. The Kier molecular flexibility index (Phi) is 2.29. The maximum Gasteiger partial charge on any atom is 0.135 e. The summed E-state index contributed by atoms with van der Waals surface area (Å²) < 4.78 is 12.3. The third kappa shape index (κ3) is 1.38. The first-order valence-electron chi connectivity index (χ1n) is 7.77. The van der Waals surface area contributed by atoms with Gasteiger partial charge >= 0.3 is 0 Å². The van der Waals surface area contributed by atoms with Crippen LogP contribution in [0.2, 0.25) is 0 Å². The van der Waals surface area contributed by atoms with E-state index in [-0.39, 0.29) is 12.2 Å². The average Bonchev–Trinajstić information content (AvgIpc) is 2.66. The molecule has 0 radical (unpaired) electrons. The molecule has 1 aliphatic carbocycles. The predicted molar refractivity (Wildman–Crippen MR) is 86.9 cm³/mol. The number of rotatable bonds is 0. The molecule has 2 aromatic rings. The molecular formula is C20H16O2. The maximum absolute atomic E-state index is 6.21. The second-order valence-corrected chi connectivity index (χ2v) is 6.09. The minimum Gasteiger partial charge on any atom is -0.456 e. The predicted octanol–water partition coefficient (Wildman–Crippen LogP) is 5.46. The molecule has 0 saturated carbocycles. The van der Waals surface area contributed by atoms with Gasteiger partial charge < -0.3 is 9.15 Å². The van der Waals surface area contributed by atoms with Crippen molar-refractivity contribution in [2.45, 2.75) is 26.1 Å². The van der Waals surface area contributed by atoms with Gasteiger partial charge in [-0.25, -0.2) is 0 Å². The van der Waals surface area contributed by atoms with Gasteiger partial charge in [0.15, 0.2) is 0 Å². The number of benzene rings is 2. The minimum atomic E-state index is 0.155. The highest BCUT2D eigenvalue weighted by atomic mass is 16.5. The molecule has 2 aliphatic heterocycles. The summed E-state index contributed by atoms with van der Waals surface area (Å²) in [6.07, 6.45) is 0.309. The van der Waals surface area contributed by atoms with Crippen LogP contribution in [0.5, 0.6) is 0 Å². The van der Waals surface area contributed by atoms with Crippen molar-refractivity contribution < 1.29 is 9.15 Å². The van der Waals surface area contributed by atoms with Crippen LogP contribution in [0.4, 0.5) is 0 Å². The van der Waals surface area contributed by atoms with Crippen molar-refractivity contribution in [1.82, 2.24) is 0 Å². The lowest BCUT2D eigenvalue weighted by Gasteiger charge is -2.12. The number of hydrogen-bond donors (Lipinski definition) is 0. The number of para-hydroxylation sites is 2. The fourth-order valence-electron chi connectivity index (χ4n) is 3.97. The Morgan fingerprint density at radius 2 is 1.14 bits per heavy atom. The van der Waals surface area contributed by atoms with Crippen LogP contribution in [0.25, 0.3) is 21.9 Å². The van der Waals surface area contributed by atoms with Crippen LogP contribution in [0.3, 0.4) is 0 Å². The van der Waals surface area contributed by atoms with Gasteiger partial charge in [-0.05, 0) is 47.5 Å². The van der Waals surface area contributed by atoms with Gasteiger partial charge in [-0.2, -0.15) is 0 Å². The third-order valence-electron chi connectivity index (χ3n) is 4.83. The number of ether oxygens (including phenoxy) is 1. The summed E-state index contributed by atoms with van der Waals surface area (Å²) >= 11 is 0. The number of hydrogen-bond acceptors (Lipinski definition) is 2. The van der Waals surface area contributed by atoms with Gasteiger partial charge in [0.25, 0.3) is 0 Å². The van der Waals surface area contributed by atoms with E-state index in [1.165, 1.54) is 32.3 Å². The molecule has 0 amide bonds. The summed E-state index contributed by atoms with van der Waals surface area (Å²) in [5, 5.41) is 4.98. The Bertz CT molecular complexity index is 1010. The molecule has 2 heteroatoms. The molecule has 5 rings (SSSR count). The van der Waals surface area contributed by atoms with E-state index in [4.69, 9.17) is 9.15 Å². The molecule has 0 N–H and O–H groups in total. The summed E-state index contributed by atoms with van der Waals surface area (Å²) in [6.45, 7) is 4.28. The lowest BCUT2D eigenvalue weighted by atomic mass is 9.88. The topological polar surface area (TPSA) is 22.4 Å². The molecule has 2 heterocycles. The average molecular weight is 288 g/mol. The van der Waals surface area contributed by atoms with Crippen molar-refractivity contribution in [1.29, 1.82) is 0 Å². The Labute approximate surface area is 128 Å². The smallest absolute Gasteiger partial charge is 0.135 e. The summed E-state index contributed by atoms with van der Waals surface area (Å²) in [5.74, 6) is 0. The molecular weight excluding hydrogens is 272 g/mol. The van der Waals surface area contributed by atoms with E-state index in [1.807, 2.05) is 24.3 Å². The molecule has 22 heavy (non-hydrogen) atoms. The van der Waals surface area contributed by atoms with Gasteiger partial charge in [0, 0.05) is 10.8 Å². The van der Waals surface area contributed by atoms with Crippen LogP contribution in [-0.2, 0) is 4.74 Å². The Morgan fingerprint density at radius 1 is 0.682 bits per heavy atom. The quantitative estimate of drug-likeness (QED) is 0.428. The molecule has 2 nitrogen and oxygen atoms in total. The van der Waals surface area contributed by atoms with Crippen molar-refractivity contribution in [2.24, 2.45) is 0 Å². The highest BCUT2D eigenvalue weighted by molar-refractivity contribution is 5.88. The SMILES string of the molecule is CC1OC(C)c2c1c1c3ccccc3oc3ccccc3c2=1. The largest absolute Gasteiger partial charge is 0.456 e. The van der Waals surface area contributed by atoms with Gasteiger partial charge in [-0.1, -0.05) is 36.4 Å². The summed E-state index contributed by atoms with van der Waals surface area (Å²) in [5.41, 5.74) is 4.57. The van der Waals surface area contributed by atoms with Gasteiger partial charge in [-0.3, -0.25) is 0 Å².